The molecule has 38 heavy (non-hydrogen) atoms. The molecule has 8 nitrogen and oxygen atoms in total. The highest BCUT2D eigenvalue weighted by molar-refractivity contribution is 5.80. The molecule has 0 saturated heterocycles. The molecule has 198 valence electrons. The molecule has 0 unspecified atom stereocenters. The number of nitrogens with zero attached hydrogens (tertiary/aromatic N) is 5. The molecule has 1 aliphatic carbocycles. The molecule has 8 heteroatoms. The van der Waals surface area contributed by atoms with E-state index in [1.54, 1.807) is 0 Å². The number of unbranched alkanes of at least 4 members (excludes halogenated alkanes) is 2. The second-order valence-electron chi connectivity index (χ2n) is 11.5. The van der Waals surface area contributed by atoms with E-state index in [9.17, 15) is 4.79 Å². The van der Waals surface area contributed by atoms with Crippen molar-refractivity contribution in [2.75, 3.05) is 5.32 Å². The number of hydrogen-bond donors (Lipinski definition) is 2. The van der Waals surface area contributed by atoms with E-state index >= 15 is 0 Å². The molecular formula is C30H37N7O. The number of benzene rings is 2. The summed E-state index contributed by atoms with van der Waals surface area (Å²) >= 11 is 0. The number of nitrogens with one attached hydrogen (secondary N) is 2. The standard InChI is InChI=1S/C30H37N7O/c1-4-5-6-11-25-26(28(38)37-30(3)18-16-29(2,17-19-30)36(25)37)31-20-21-12-14-22(15-13-21)23-9-7-8-10-24(23)27-32-34-35-33-27/h7-10,12-15,31H,4-6,11,16-20H2,1-3H3,(H,32,33,34,35). The number of hydrogen-bond acceptors (Lipinski definition) is 5. The minimum absolute atomic E-state index is 0.0339. The van der Waals surface area contributed by atoms with E-state index in [0.29, 0.717) is 12.4 Å². The molecule has 0 amide bonds. The lowest BCUT2D eigenvalue weighted by Gasteiger charge is -2.53. The van der Waals surface area contributed by atoms with Gasteiger partial charge in [0.1, 0.15) is 5.69 Å². The van der Waals surface area contributed by atoms with Gasteiger partial charge < -0.3 is 5.32 Å². The Morgan fingerprint density at radius 2 is 1.61 bits per heavy atom. The monoisotopic (exact) mass is 511 g/mol. The number of anilines is 1. The highest BCUT2D eigenvalue weighted by atomic mass is 16.1. The van der Waals surface area contributed by atoms with Crippen molar-refractivity contribution >= 4 is 5.69 Å². The lowest BCUT2D eigenvalue weighted by Crippen LogP contribution is -2.57. The Morgan fingerprint density at radius 1 is 0.921 bits per heavy atom. The van der Waals surface area contributed by atoms with Crippen molar-refractivity contribution in [3.63, 3.8) is 0 Å². The van der Waals surface area contributed by atoms with E-state index in [1.165, 1.54) is 18.5 Å². The number of fused-ring (bicyclic) bond motifs is 2. The fraction of sp³-hybridized carbons (Fsp3) is 0.467. The summed E-state index contributed by atoms with van der Waals surface area (Å²) in [5.74, 6) is 0.580. The molecule has 2 aromatic carbocycles. The van der Waals surface area contributed by atoms with E-state index in [1.807, 2.05) is 18.2 Å². The number of tetrazole rings is 1. The van der Waals surface area contributed by atoms with Crippen LogP contribution < -0.4 is 10.9 Å². The first-order valence-corrected chi connectivity index (χ1v) is 14.0. The predicted octanol–water partition coefficient (Wildman–Crippen LogP) is 5.86. The van der Waals surface area contributed by atoms with Crippen molar-refractivity contribution < 1.29 is 0 Å². The Hall–Kier alpha value is -3.68. The van der Waals surface area contributed by atoms with Crippen molar-refractivity contribution in [3.8, 4) is 22.5 Å². The number of H-pyrrole nitrogens is 1. The van der Waals surface area contributed by atoms with Gasteiger partial charge in [-0.05, 0) is 74.3 Å². The smallest absolute Gasteiger partial charge is 0.290 e. The summed E-state index contributed by atoms with van der Waals surface area (Å²) in [5.41, 5.74) is 6.32. The molecule has 1 saturated carbocycles. The minimum Gasteiger partial charge on any atom is -0.375 e. The lowest BCUT2D eigenvalue weighted by atomic mass is 9.72. The van der Waals surface area contributed by atoms with Gasteiger partial charge in [0.05, 0.1) is 16.8 Å². The van der Waals surface area contributed by atoms with E-state index < -0.39 is 0 Å². The first-order valence-electron chi connectivity index (χ1n) is 14.0. The first-order chi connectivity index (χ1) is 18.4. The molecule has 2 aromatic heterocycles. The van der Waals surface area contributed by atoms with E-state index in [4.69, 9.17) is 0 Å². The maximum Gasteiger partial charge on any atom is 0.290 e. The number of aromatic amines is 1. The summed E-state index contributed by atoms with van der Waals surface area (Å²) in [6.45, 7) is 7.46. The van der Waals surface area contributed by atoms with Crippen molar-refractivity contribution in [1.82, 2.24) is 30.0 Å². The highest BCUT2D eigenvalue weighted by Gasteiger charge is 2.50. The second-order valence-corrected chi connectivity index (χ2v) is 11.5. The average molecular weight is 512 g/mol. The third kappa shape index (κ3) is 4.06. The molecule has 3 aliphatic rings. The fourth-order valence-corrected chi connectivity index (χ4v) is 6.50. The van der Waals surface area contributed by atoms with Crippen molar-refractivity contribution in [2.45, 2.75) is 89.8 Å². The highest BCUT2D eigenvalue weighted by Crippen LogP contribution is 2.49. The SMILES string of the molecule is CCCCCc1c(NCc2ccc(-c3ccccc3-c3nn[nH]n3)cc2)c(=O)n2n1C1(C)CCC2(C)CC1. The van der Waals surface area contributed by atoms with Crippen LogP contribution in [0.4, 0.5) is 5.69 Å². The van der Waals surface area contributed by atoms with Crippen LogP contribution in [0, 0.1) is 0 Å². The Bertz CT molecular complexity index is 1470. The van der Waals surface area contributed by atoms with E-state index in [-0.39, 0.29) is 16.6 Å². The van der Waals surface area contributed by atoms with Gasteiger partial charge in [0.2, 0.25) is 5.82 Å². The van der Waals surface area contributed by atoms with Crippen molar-refractivity contribution in [1.29, 1.82) is 0 Å². The van der Waals surface area contributed by atoms with Crippen LogP contribution in [0.3, 0.4) is 0 Å². The molecule has 0 atom stereocenters. The van der Waals surface area contributed by atoms with Crippen molar-refractivity contribution in [2.24, 2.45) is 0 Å². The quantitative estimate of drug-likeness (QED) is 0.275. The Labute approximate surface area is 223 Å². The van der Waals surface area contributed by atoms with E-state index in [0.717, 1.165) is 66.5 Å². The topological polar surface area (TPSA) is 93.4 Å². The van der Waals surface area contributed by atoms with Gasteiger partial charge in [-0.3, -0.25) is 9.48 Å². The summed E-state index contributed by atoms with van der Waals surface area (Å²) in [6.07, 6.45) is 8.84. The molecule has 0 spiro atoms. The Balaban J connectivity index is 1.29. The zero-order valence-corrected chi connectivity index (χ0v) is 22.6. The number of rotatable bonds is 9. The first kappa shape index (κ1) is 24.6. The fourth-order valence-electron chi connectivity index (χ4n) is 6.50. The van der Waals surface area contributed by atoms with Crippen LogP contribution in [0.1, 0.15) is 77.0 Å². The summed E-state index contributed by atoms with van der Waals surface area (Å²) in [6, 6.07) is 16.6. The summed E-state index contributed by atoms with van der Waals surface area (Å²) in [4.78, 5) is 13.9. The van der Waals surface area contributed by atoms with Gasteiger partial charge in [-0.2, -0.15) is 5.21 Å². The molecule has 2 N–H and O–H groups in total. The van der Waals surface area contributed by atoms with Crippen LogP contribution >= 0.6 is 0 Å². The van der Waals surface area contributed by atoms with Crippen LogP contribution in [-0.2, 0) is 24.0 Å². The molecule has 0 radical (unpaired) electrons. The lowest BCUT2D eigenvalue weighted by molar-refractivity contribution is -0.00349. The summed E-state index contributed by atoms with van der Waals surface area (Å²) in [7, 11) is 0. The molecule has 4 heterocycles. The van der Waals surface area contributed by atoms with Crippen LogP contribution in [0.25, 0.3) is 22.5 Å². The summed E-state index contributed by atoms with van der Waals surface area (Å²) < 4.78 is 4.51. The van der Waals surface area contributed by atoms with Crippen LogP contribution in [0.2, 0.25) is 0 Å². The Kier molecular flexibility index (Phi) is 6.20. The molecule has 4 aromatic rings. The van der Waals surface area contributed by atoms with Crippen LogP contribution in [-0.4, -0.2) is 30.0 Å². The maximum absolute atomic E-state index is 13.9. The zero-order chi connectivity index (χ0) is 26.3. The maximum atomic E-state index is 13.9. The zero-order valence-electron chi connectivity index (χ0n) is 22.6. The van der Waals surface area contributed by atoms with Gasteiger partial charge >= 0.3 is 0 Å². The van der Waals surface area contributed by atoms with Crippen molar-refractivity contribution in [3.05, 3.63) is 70.1 Å². The van der Waals surface area contributed by atoms with Gasteiger partial charge in [0, 0.05) is 12.1 Å². The average Bonchev–Trinajstić information content (AvgIpc) is 3.57. The van der Waals surface area contributed by atoms with Gasteiger partial charge in [-0.25, -0.2) is 4.68 Å². The minimum atomic E-state index is -0.0813. The molecule has 2 aliphatic heterocycles. The third-order valence-corrected chi connectivity index (χ3v) is 8.84. The van der Waals surface area contributed by atoms with Gasteiger partial charge in [0.15, 0.2) is 0 Å². The second kappa shape index (κ2) is 9.57. The van der Waals surface area contributed by atoms with Crippen LogP contribution in [0.5, 0.6) is 0 Å². The normalized spacial score (nSPS) is 22.0. The molecule has 1 fully saturated rings. The van der Waals surface area contributed by atoms with E-state index in [2.05, 4.69) is 86.4 Å². The molecule has 7 rings (SSSR count). The third-order valence-electron chi connectivity index (χ3n) is 8.84. The summed E-state index contributed by atoms with van der Waals surface area (Å²) in [5, 5.41) is 18.2. The Morgan fingerprint density at radius 3 is 2.26 bits per heavy atom. The van der Waals surface area contributed by atoms with Gasteiger partial charge in [0.25, 0.3) is 5.56 Å². The molecular weight excluding hydrogens is 474 g/mol. The van der Waals surface area contributed by atoms with Gasteiger partial charge in [-0.15, -0.1) is 10.2 Å². The van der Waals surface area contributed by atoms with Gasteiger partial charge in [-0.1, -0.05) is 68.3 Å². The van der Waals surface area contributed by atoms with Crippen LogP contribution in [0.15, 0.2) is 53.3 Å². The number of aromatic nitrogens is 6. The largest absolute Gasteiger partial charge is 0.375 e. The predicted molar refractivity (Wildman–Crippen MR) is 150 cm³/mol. The molecule has 2 bridgehead atoms.